The van der Waals surface area contributed by atoms with Crippen molar-refractivity contribution < 1.29 is 28.2 Å². The lowest BCUT2D eigenvalue weighted by atomic mass is 10.2. The van der Waals surface area contributed by atoms with Gasteiger partial charge in [0.1, 0.15) is 5.75 Å². The van der Waals surface area contributed by atoms with Gasteiger partial charge < -0.3 is 10.2 Å². The standard InChI is InChI=1S/C14H12N2O6S/c17-11-3-1-2-10(8-11)13(18)15-16-23(21,22)12-6-4-9(5-7-12)14(19)20/h1-8,16-17H,(H,15,18)(H,19,20). The molecule has 0 aliphatic heterocycles. The Bertz CT molecular complexity index is 846. The largest absolute Gasteiger partial charge is 0.508 e. The molecule has 0 aromatic heterocycles. The Balaban J connectivity index is 2.09. The van der Waals surface area contributed by atoms with E-state index >= 15 is 0 Å². The number of carboxylic acids is 1. The van der Waals surface area contributed by atoms with E-state index in [2.05, 4.69) is 0 Å². The highest BCUT2D eigenvalue weighted by molar-refractivity contribution is 7.89. The van der Waals surface area contributed by atoms with Gasteiger partial charge in [-0.05, 0) is 42.5 Å². The van der Waals surface area contributed by atoms with Crippen LogP contribution in [0.2, 0.25) is 0 Å². The molecule has 0 aliphatic rings. The number of rotatable bonds is 5. The number of aromatic carboxylic acids is 1. The second-order valence-corrected chi connectivity index (χ2v) is 6.12. The highest BCUT2D eigenvalue weighted by atomic mass is 32.2. The summed E-state index contributed by atoms with van der Waals surface area (Å²) >= 11 is 0. The third-order valence-corrected chi connectivity index (χ3v) is 4.08. The minimum atomic E-state index is -4.05. The van der Waals surface area contributed by atoms with Crippen LogP contribution in [0, 0.1) is 0 Å². The maximum atomic E-state index is 12.0. The van der Waals surface area contributed by atoms with E-state index in [-0.39, 0.29) is 21.8 Å². The fraction of sp³-hybridized carbons (Fsp3) is 0. The van der Waals surface area contributed by atoms with E-state index < -0.39 is 21.9 Å². The molecule has 2 aromatic rings. The Morgan fingerprint density at radius 1 is 0.957 bits per heavy atom. The molecule has 0 fully saturated rings. The van der Waals surface area contributed by atoms with Crippen molar-refractivity contribution in [2.24, 2.45) is 0 Å². The number of aromatic hydroxyl groups is 1. The average Bonchev–Trinajstić information content (AvgIpc) is 2.52. The Labute approximate surface area is 131 Å². The minimum absolute atomic E-state index is 0.0623. The van der Waals surface area contributed by atoms with Crippen molar-refractivity contribution in [1.29, 1.82) is 0 Å². The van der Waals surface area contributed by atoms with Gasteiger partial charge in [0, 0.05) is 5.56 Å². The molecule has 0 unspecified atom stereocenters. The molecular formula is C14H12N2O6S. The van der Waals surface area contributed by atoms with Crippen LogP contribution in [0.3, 0.4) is 0 Å². The van der Waals surface area contributed by atoms with E-state index in [1.807, 2.05) is 10.3 Å². The third kappa shape index (κ3) is 4.05. The van der Waals surface area contributed by atoms with Gasteiger partial charge in [-0.2, -0.15) is 0 Å². The topological polar surface area (TPSA) is 133 Å². The normalized spacial score (nSPS) is 11.0. The SMILES string of the molecule is O=C(O)c1ccc(S(=O)(=O)NNC(=O)c2cccc(O)c2)cc1. The van der Waals surface area contributed by atoms with Crippen molar-refractivity contribution in [3.63, 3.8) is 0 Å². The van der Waals surface area contributed by atoms with Crippen molar-refractivity contribution in [2.75, 3.05) is 0 Å². The molecule has 8 nitrogen and oxygen atoms in total. The monoisotopic (exact) mass is 336 g/mol. The number of sulfonamides is 1. The summed E-state index contributed by atoms with van der Waals surface area (Å²) in [5.41, 5.74) is 2.00. The lowest BCUT2D eigenvalue weighted by Crippen LogP contribution is -2.41. The summed E-state index contributed by atoms with van der Waals surface area (Å²) in [6.45, 7) is 0. The van der Waals surface area contributed by atoms with Gasteiger partial charge in [0.25, 0.3) is 15.9 Å². The van der Waals surface area contributed by atoms with Crippen molar-refractivity contribution in [3.8, 4) is 5.75 Å². The van der Waals surface area contributed by atoms with Crippen LogP contribution in [-0.2, 0) is 10.0 Å². The smallest absolute Gasteiger partial charge is 0.335 e. The second-order valence-electron chi connectivity index (χ2n) is 4.44. The van der Waals surface area contributed by atoms with Crippen molar-refractivity contribution >= 4 is 21.9 Å². The molecule has 1 amide bonds. The van der Waals surface area contributed by atoms with Gasteiger partial charge in [-0.15, -0.1) is 4.83 Å². The average molecular weight is 336 g/mol. The molecule has 9 heteroatoms. The molecule has 0 spiro atoms. The van der Waals surface area contributed by atoms with Gasteiger partial charge in [-0.3, -0.25) is 10.2 Å². The quantitative estimate of drug-likeness (QED) is 0.595. The zero-order valence-corrected chi connectivity index (χ0v) is 12.4. The van der Waals surface area contributed by atoms with Crippen LogP contribution in [0.5, 0.6) is 5.75 Å². The molecule has 0 radical (unpaired) electrons. The zero-order valence-electron chi connectivity index (χ0n) is 11.6. The van der Waals surface area contributed by atoms with Gasteiger partial charge in [-0.25, -0.2) is 13.2 Å². The van der Waals surface area contributed by atoms with Crippen LogP contribution in [0.1, 0.15) is 20.7 Å². The van der Waals surface area contributed by atoms with Crippen LogP contribution in [0.15, 0.2) is 53.4 Å². The first-order valence-corrected chi connectivity index (χ1v) is 7.72. The Morgan fingerprint density at radius 3 is 2.17 bits per heavy atom. The molecule has 0 bridgehead atoms. The van der Waals surface area contributed by atoms with Crippen molar-refractivity contribution in [1.82, 2.24) is 10.3 Å². The number of carboxylic acid groups (broad SMARTS) is 1. The van der Waals surface area contributed by atoms with E-state index in [0.29, 0.717) is 0 Å². The van der Waals surface area contributed by atoms with Gasteiger partial charge in [-0.1, -0.05) is 6.07 Å². The molecule has 23 heavy (non-hydrogen) atoms. The number of amides is 1. The first-order valence-electron chi connectivity index (χ1n) is 6.24. The number of benzene rings is 2. The maximum Gasteiger partial charge on any atom is 0.335 e. The number of hydrogen-bond donors (Lipinski definition) is 4. The second kappa shape index (κ2) is 6.46. The maximum absolute atomic E-state index is 12.0. The number of phenolic OH excluding ortho intramolecular Hbond substituents is 1. The van der Waals surface area contributed by atoms with Crippen LogP contribution < -0.4 is 10.3 Å². The zero-order chi connectivity index (χ0) is 17.0. The van der Waals surface area contributed by atoms with Gasteiger partial charge in [0.2, 0.25) is 0 Å². The lowest BCUT2D eigenvalue weighted by molar-refractivity contribution is 0.0696. The molecule has 2 aromatic carbocycles. The van der Waals surface area contributed by atoms with E-state index in [0.717, 1.165) is 24.3 Å². The molecule has 0 atom stereocenters. The van der Waals surface area contributed by atoms with E-state index in [4.69, 9.17) is 5.11 Å². The minimum Gasteiger partial charge on any atom is -0.508 e. The van der Waals surface area contributed by atoms with E-state index in [1.54, 1.807) is 0 Å². The fourth-order valence-electron chi connectivity index (χ4n) is 1.67. The summed E-state index contributed by atoms with van der Waals surface area (Å²) in [7, 11) is -4.05. The fourth-order valence-corrected chi connectivity index (χ4v) is 2.51. The van der Waals surface area contributed by atoms with Gasteiger partial charge in [0.05, 0.1) is 10.5 Å². The Hall–Kier alpha value is -2.91. The van der Waals surface area contributed by atoms with E-state index in [9.17, 15) is 23.1 Å². The summed E-state index contributed by atoms with van der Waals surface area (Å²) in [6.07, 6.45) is 0. The summed E-state index contributed by atoms with van der Waals surface area (Å²) in [5.74, 6) is -2.07. The molecule has 0 saturated carbocycles. The summed E-state index contributed by atoms with van der Waals surface area (Å²) < 4.78 is 24.0. The third-order valence-electron chi connectivity index (χ3n) is 2.82. The van der Waals surface area contributed by atoms with Crippen molar-refractivity contribution in [2.45, 2.75) is 4.90 Å². The Kier molecular flexibility index (Phi) is 4.63. The number of carbonyl (C=O) groups excluding carboxylic acids is 1. The number of hydrazine groups is 1. The van der Waals surface area contributed by atoms with Crippen LogP contribution in [-0.4, -0.2) is 30.5 Å². The number of nitrogens with one attached hydrogen (secondary N) is 2. The molecule has 120 valence electrons. The summed E-state index contributed by atoms with van der Waals surface area (Å²) in [6, 6.07) is 9.84. The van der Waals surface area contributed by atoms with Crippen LogP contribution >= 0.6 is 0 Å². The van der Waals surface area contributed by atoms with Crippen LogP contribution in [0.4, 0.5) is 0 Å². The van der Waals surface area contributed by atoms with E-state index in [1.165, 1.54) is 24.3 Å². The van der Waals surface area contributed by atoms with Gasteiger partial charge >= 0.3 is 5.97 Å². The lowest BCUT2D eigenvalue weighted by Gasteiger charge is -2.09. The van der Waals surface area contributed by atoms with Crippen molar-refractivity contribution in [3.05, 3.63) is 59.7 Å². The predicted octanol–water partition coefficient (Wildman–Crippen LogP) is 0.714. The molecule has 0 aliphatic carbocycles. The first kappa shape index (κ1) is 16.5. The Morgan fingerprint density at radius 2 is 1.61 bits per heavy atom. The molecule has 4 N–H and O–H groups in total. The highest BCUT2D eigenvalue weighted by Gasteiger charge is 2.16. The predicted molar refractivity (Wildman–Crippen MR) is 79.3 cm³/mol. The summed E-state index contributed by atoms with van der Waals surface area (Å²) in [4.78, 5) is 24.2. The molecule has 0 heterocycles. The highest BCUT2D eigenvalue weighted by Crippen LogP contribution is 2.12. The number of carbonyl (C=O) groups is 2. The summed E-state index contributed by atoms with van der Waals surface area (Å²) in [5, 5.41) is 18.0. The van der Waals surface area contributed by atoms with Crippen LogP contribution in [0.25, 0.3) is 0 Å². The first-order chi connectivity index (χ1) is 10.8. The number of phenols is 1. The molecule has 2 rings (SSSR count). The van der Waals surface area contributed by atoms with Gasteiger partial charge in [0.15, 0.2) is 0 Å². The molecule has 0 saturated heterocycles. The molecular weight excluding hydrogens is 324 g/mol. The number of hydrogen-bond acceptors (Lipinski definition) is 5.